The Labute approximate surface area is 266 Å². The van der Waals surface area contributed by atoms with Crippen molar-refractivity contribution in [3.05, 3.63) is 36.0 Å². The van der Waals surface area contributed by atoms with Gasteiger partial charge in [-0.2, -0.15) is 0 Å². The van der Waals surface area contributed by atoms with E-state index in [-0.39, 0.29) is 27.9 Å². The third kappa shape index (κ3) is 13.8. The summed E-state index contributed by atoms with van der Waals surface area (Å²) < 4.78 is 20.3. The molecule has 0 unspecified atom stereocenters. The van der Waals surface area contributed by atoms with Crippen molar-refractivity contribution in [2.45, 2.75) is 187 Å². The monoisotopic (exact) mass is 636 g/mol. The third-order valence-electron chi connectivity index (χ3n) is 9.80. The molecule has 0 saturated heterocycles. The average Bonchev–Trinajstić information content (AvgIpc) is 2.75. The molecule has 1 rings (SSSR count). The summed E-state index contributed by atoms with van der Waals surface area (Å²) in [4.78, 5) is 0. The topological polar surface area (TPSA) is 27.7 Å². The molecule has 0 aromatic carbocycles. The van der Waals surface area contributed by atoms with Crippen LogP contribution in [-0.2, 0) is 13.3 Å². The number of rotatable bonds is 15. The molecule has 1 fully saturated rings. The summed E-state index contributed by atoms with van der Waals surface area (Å²) in [6.45, 7) is 41.7. The van der Waals surface area contributed by atoms with E-state index in [0.717, 1.165) is 37.2 Å². The van der Waals surface area contributed by atoms with E-state index in [0.29, 0.717) is 0 Å². The van der Waals surface area contributed by atoms with E-state index in [1.807, 2.05) is 0 Å². The second-order valence-corrected chi connectivity index (χ2v) is 31.8. The molecule has 0 N–H and O–H groups in total. The second-order valence-electron chi connectivity index (χ2n) is 17.9. The predicted molar refractivity (Wildman–Crippen MR) is 195 cm³/mol. The van der Waals surface area contributed by atoms with Crippen molar-refractivity contribution in [2.24, 2.45) is 5.92 Å². The first-order valence-electron chi connectivity index (χ1n) is 16.9. The summed E-state index contributed by atoms with van der Waals surface area (Å²) in [5, 5.41) is 0.357. The fraction of sp³-hybridized carbons (Fsp3) is 0.833. The first-order chi connectivity index (χ1) is 18.8. The van der Waals surface area contributed by atoms with Crippen LogP contribution < -0.4 is 0 Å². The molecule has 1 aliphatic rings. The van der Waals surface area contributed by atoms with Gasteiger partial charge >= 0.3 is 0 Å². The summed E-state index contributed by atoms with van der Waals surface area (Å²) in [5.74, 6) is 0.763. The van der Waals surface area contributed by atoms with Crippen molar-refractivity contribution in [3.63, 3.8) is 0 Å². The van der Waals surface area contributed by atoms with Gasteiger partial charge in [-0.05, 0) is 113 Å². The molecular formula is C36H72O3Si3. The highest BCUT2D eigenvalue weighted by Crippen LogP contribution is 2.44. The molecule has 6 heteroatoms. The van der Waals surface area contributed by atoms with Crippen LogP contribution in [0, 0.1) is 5.92 Å². The number of hydrogen-bond acceptors (Lipinski definition) is 3. The Kier molecular flexibility index (Phi) is 14.5. The minimum atomic E-state index is -1.94. The Bertz CT molecular complexity index is 911. The van der Waals surface area contributed by atoms with E-state index < -0.39 is 25.0 Å². The van der Waals surface area contributed by atoms with E-state index in [9.17, 15) is 0 Å². The van der Waals surface area contributed by atoms with Gasteiger partial charge in [0.2, 0.25) is 0 Å². The number of allylic oxidation sites excluding steroid dienone is 3. The average molecular weight is 637 g/mol. The van der Waals surface area contributed by atoms with Gasteiger partial charge in [-0.1, -0.05) is 92.5 Å². The normalized spacial score (nSPS) is 21.9. The van der Waals surface area contributed by atoms with Gasteiger partial charge in [-0.3, -0.25) is 0 Å². The van der Waals surface area contributed by atoms with Gasteiger partial charge in [0.15, 0.2) is 25.0 Å². The Morgan fingerprint density at radius 1 is 0.833 bits per heavy atom. The summed E-state index contributed by atoms with van der Waals surface area (Å²) in [6.07, 6.45) is 16.3. The van der Waals surface area contributed by atoms with E-state index in [1.165, 1.54) is 31.3 Å². The molecule has 1 saturated carbocycles. The molecule has 0 bridgehead atoms. The van der Waals surface area contributed by atoms with Crippen LogP contribution in [0.25, 0.3) is 0 Å². The molecular weight excluding hydrogens is 565 g/mol. The third-order valence-corrected chi connectivity index (χ3v) is 20.0. The maximum atomic E-state index is 6.97. The highest BCUT2D eigenvalue weighted by Gasteiger charge is 2.44. The van der Waals surface area contributed by atoms with Crippen molar-refractivity contribution in [1.82, 2.24) is 0 Å². The second kappa shape index (κ2) is 15.4. The molecule has 3 nitrogen and oxygen atoms in total. The van der Waals surface area contributed by atoms with Crippen LogP contribution in [0.3, 0.4) is 0 Å². The summed E-state index contributed by atoms with van der Waals surface area (Å²) >= 11 is 0. The predicted octanol–water partition coefficient (Wildman–Crippen LogP) is 12.2. The van der Waals surface area contributed by atoms with Crippen LogP contribution in [-0.4, -0.2) is 42.8 Å². The first kappa shape index (κ1) is 39.8. The fourth-order valence-electron chi connectivity index (χ4n) is 5.32. The van der Waals surface area contributed by atoms with E-state index in [4.69, 9.17) is 13.3 Å². The molecule has 0 amide bonds. The molecule has 0 spiro atoms. The van der Waals surface area contributed by atoms with Crippen LogP contribution in [0.2, 0.25) is 55.9 Å². The number of hydrogen-bond donors (Lipinski definition) is 0. The van der Waals surface area contributed by atoms with Gasteiger partial charge in [-0.15, -0.1) is 0 Å². The lowest BCUT2D eigenvalue weighted by Gasteiger charge is -2.45. The van der Waals surface area contributed by atoms with Crippen molar-refractivity contribution >= 4 is 25.0 Å². The molecule has 0 aromatic rings. The SMILES string of the molecule is C=C1C(=CC=CCCC[C@@H](C)CCCC(C)(C)O[Si](C)(C)C)C[C@@H](O[Si](C)(C)C(C)(C)C)C[C@@H]1O[Si](C)(C)C(C)(C)C. The highest BCUT2D eigenvalue weighted by molar-refractivity contribution is 6.74. The van der Waals surface area contributed by atoms with Crippen molar-refractivity contribution in [1.29, 1.82) is 0 Å². The maximum Gasteiger partial charge on any atom is 0.192 e. The molecule has 0 aliphatic heterocycles. The smallest absolute Gasteiger partial charge is 0.192 e. The molecule has 246 valence electrons. The van der Waals surface area contributed by atoms with Gasteiger partial charge in [0, 0.05) is 6.42 Å². The molecule has 3 atom stereocenters. The molecule has 0 heterocycles. The van der Waals surface area contributed by atoms with Crippen molar-refractivity contribution in [3.8, 4) is 0 Å². The van der Waals surface area contributed by atoms with Crippen LogP contribution in [0.15, 0.2) is 36.0 Å². The minimum Gasteiger partial charge on any atom is -0.413 e. The summed E-state index contributed by atoms with van der Waals surface area (Å²) in [7, 11) is -5.31. The van der Waals surface area contributed by atoms with Crippen molar-refractivity contribution < 1.29 is 13.3 Å². The Hall–Kier alpha value is -0.249. The first-order valence-corrected chi connectivity index (χ1v) is 26.1. The zero-order valence-corrected chi connectivity index (χ0v) is 34.1. The van der Waals surface area contributed by atoms with Gasteiger partial charge in [-0.25, -0.2) is 0 Å². The summed E-state index contributed by atoms with van der Waals surface area (Å²) in [5.41, 5.74) is 2.48. The van der Waals surface area contributed by atoms with Crippen molar-refractivity contribution in [2.75, 3.05) is 0 Å². The zero-order valence-electron chi connectivity index (χ0n) is 31.1. The van der Waals surface area contributed by atoms with Gasteiger partial charge in [0.25, 0.3) is 0 Å². The molecule has 0 aromatic heterocycles. The van der Waals surface area contributed by atoms with Gasteiger partial charge in [0.05, 0.1) is 17.8 Å². The van der Waals surface area contributed by atoms with E-state index >= 15 is 0 Å². The Morgan fingerprint density at radius 2 is 1.36 bits per heavy atom. The lowest BCUT2D eigenvalue weighted by atomic mass is 9.86. The van der Waals surface area contributed by atoms with E-state index in [1.54, 1.807) is 0 Å². The highest BCUT2D eigenvalue weighted by atomic mass is 28.4. The maximum absolute atomic E-state index is 6.97. The minimum absolute atomic E-state index is 0.00697. The molecule has 42 heavy (non-hydrogen) atoms. The quantitative estimate of drug-likeness (QED) is 0.132. The molecule has 1 aliphatic carbocycles. The Balaban J connectivity index is 2.79. The Morgan fingerprint density at radius 3 is 1.88 bits per heavy atom. The largest absolute Gasteiger partial charge is 0.413 e. The van der Waals surface area contributed by atoms with E-state index in [2.05, 4.69) is 133 Å². The van der Waals surface area contributed by atoms with Crippen LogP contribution in [0.4, 0.5) is 0 Å². The lowest BCUT2D eigenvalue weighted by molar-refractivity contribution is 0.0867. The number of unbranched alkanes of at least 4 members (excludes halogenated alkanes) is 1. The van der Waals surface area contributed by atoms with Crippen LogP contribution in [0.5, 0.6) is 0 Å². The standard InChI is InChI=1S/C36H72O3Si3/c1-29(24-22-26-36(9,10)39-40(11,12)13)23-20-18-19-21-25-31-27-32(37-41(14,15)34(3,4)5)28-33(30(31)2)38-42(16,17)35(6,7)8/h19,21,25,29,32-33H,2,18,20,22-24,26-28H2,1,3-17H3/t29-,32-,33+/m1/s1. The lowest BCUT2D eigenvalue weighted by Crippen LogP contribution is -2.49. The van der Waals surface area contributed by atoms with Gasteiger partial charge in [0.1, 0.15) is 0 Å². The van der Waals surface area contributed by atoms with Crippen LogP contribution >= 0.6 is 0 Å². The zero-order chi connectivity index (χ0) is 32.8. The summed E-state index contributed by atoms with van der Waals surface area (Å²) in [6, 6.07) is 0. The van der Waals surface area contributed by atoms with Crippen LogP contribution in [0.1, 0.15) is 114 Å². The molecule has 0 radical (unpaired) electrons. The van der Waals surface area contributed by atoms with Gasteiger partial charge < -0.3 is 13.3 Å². The fourth-order valence-corrected chi connectivity index (χ4v) is 9.75.